The first-order valence-electron chi connectivity index (χ1n) is 4.17. The van der Waals surface area contributed by atoms with Crippen molar-refractivity contribution in [1.82, 2.24) is 4.98 Å². The predicted molar refractivity (Wildman–Crippen MR) is 46.8 cm³/mol. The van der Waals surface area contributed by atoms with E-state index in [-0.39, 0.29) is 5.56 Å². The van der Waals surface area contributed by atoms with Crippen LogP contribution in [0.1, 0.15) is 17.4 Å². The minimum absolute atomic E-state index is 0.215. The third-order valence-corrected chi connectivity index (χ3v) is 1.95. The zero-order valence-corrected chi connectivity index (χ0v) is 7.37. The molecule has 0 bridgehead atoms. The quantitative estimate of drug-likeness (QED) is 0.497. The number of ether oxygens (including phenoxy) is 2. The largest absolute Gasteiger partial charge is 0.346 e. The summed E-state index contributed by atoms with van der Waals surface area (Å²) in [6.45, 7) is 0.895. The minimum atomic E-state index is -0.713. The van der Waals surface area contributed by atoms with Crippen molar-refractivity contribution in [3.63, 3.8) is 0 Å². The van der Waals surface area contributed by atoms with E-state index in [1.807, 2.05) is 0 Å². The van der Waals surface area contributed by atoms with E-state index in [0.29, 0.717) is 18.8 Å². The summed E-state index contributed by atoms with van der Waals surface area (Å²) in [6.07, 6.45) is 5.84. The van der Waals surface area contributed by atoms with Crippen LogP contribution in [0.5, 0.6) is 0 Å². The molecule has 0 aromatic carbocycles. The molecule has 0 spiro atoms. The molecule has 1 fully saturated rings. The van der Waals surface area contributed by atoms with Crippen LogP contribution in [0.15, 0.2) is 12.3 Å². The fraction of sp³-hybridized carbons (Fsp3) is 0.300. The molecule has 1 aromatic rings. The number of hydrogen-bond donors (Lipinski definition) is 0. The Hall–Kier alpha value is -1.44. The molecular formula is C10H8FNO2. The summed E-state index contributed by atoms with van der Waals surface area (Å²) in [5.41, 5.74) is 0.636. The van der Waals surface area contributed by atoms with E-state index >= 15 is 0 Å². The van der Waals surface area contributed by atoms with Gasteiger partial charge in [0.15, 0.2) is 6.29 Å². The molecule has 0 atom stereocenters. The van der Waals surface area contributed by atoms with Crippen molar-refractivity contribution in [3.8, 4) is 12.3 Å². The second-order valence-corrected chi connectivity index (χ2v) is 2.78. The van der Waals surface area contributed by atoms with Crippen LogP contribution in [-0.4, -0.2) is 18.2 Å². The molecule has 0 aliphatic carbocycles. The Balaban J connectivity index is 2.44. The van der Waals surface area contributed by atoms with Gasteiger partial charge in [0.1, 0.15) is 0 Å². The van der Waals surface area contributed by atoms with Crippen LogP contribution in [0.25, 0.3) is 0 Å². The number of pyridine rings is 1. The molecule has 0 amide bonds. The average Bonchev–Trinajstić information content (AvgIpc) is 2.70. The molecule has 0 saturated carbocycles. The highest BCUT2D eigenvalue weighted by atomic mass is 19.1. The first-order valence-corrected chi connectivity index (χ1v) is 4.17. The average molecular weight is 193 g/mol. The van der Waals surface area contributed by atoms with Gasteiger partial charge in [0, 0.05) is 11.8 Å². The van der Waals surface area contributed by atoms with Gasteiger partial charge >= 0.3 is 0 Å². The number of hydrogen-bond acceptors (Lipinski definition) is 3. The van der Waals surface area contributed by atoms with Gasteiger partial charge < -0.3 is 9.47 Å². The van der Waals surface area contributed by atoms with E-state index in [2.05, 4.69) is 10.9 Å². The fourth-order valence-corrected chi connectivity index (χ4v) is 1.32. The van der Waals surface area contributed by atoms with E-state index in [4.69, 9.17) is 15.9 Å². The van der Waals surface area contributed by atoms with Crippen LogP contribution in [-0.2, 0) is 9.47 Å². The fourth-order valence-electron chi connectivity index (χ4n) is 1.32. The Morgan fingerprint density at radius 1 is 1.50 bits per heavy atom. The van der Waals surface area contributed by atoms with Gasteiger partial charge in [-0.25, -0.2) is 4.98 Å². The highest BCUT2D eigenvalue weighted by Crippen LogP contribution is 2.27. The van der Waals surface area contributed by atoms with Crippen molar-refractivity contribution in [3.05, 3.63) is 29.3 Å². The topological polar surface area (TPSA) is 31.4 Å². The molecule has 1 aromatic heterocycles. The number of rotatable bonds is 1. The lowest BCUT2D eigenvalue weighted by atomic mass is 10.1. The summed E-state index contributed by atoms with van der Waals surface area (Å²) in [4.78, 5) is 3.51. The molecule has 1 aliphatic heterocycles. The van der Waals surface area contributed by atoms with Gasteiger partial charge in [0.25, 0.3) is 0 Å². The lowest BCUT2D eigenvalue weighted by molar-refractivity contribution is -0.0471. The van der Waals surface area contributed by atoms with Crippen LogP contribution >= 0.6 is 0 Å². The summed E-state index contributed by atoms with van der Waals surface area (Å²) >= 11 is 0. The van der Waals surface area contributed by atoms with E-state index < -0.39 is 12.2 Å². The maximum atomic E-state index is 13.3. The van der Waals surface area contributed by atoms with Crippen LogP contribution < -0.4 is 0 Å². The third-order valence-electron chi connectivity index (χ3n) is 1.95. The smallest absolute Gasteiger partial charge is 0.222 e. The van der Waals surface area contributed by atoms with Crippen LogP contribution in [0.3, 0.4) is 0 Å². The van der Waals surface area contributed by atoms with Crippen molar-refractivity contribution in [2.45, 2.75) is 6.29 Å². The molecule has 1 aliphatic rings. The van der Waals surface area contributed by atoms with Gasteiger partial charge in [-0.2, -0.15) is 4.39 Å². The Labute approximate surface area is 80.9 Å². The van der Waals surface area contributed by atoms with E-state index in [1.54, 1.807) is 6.07 Å². The summed E-state index contributed by atoms with van der Waals surface area (Å²) in [5, 5.41) is 0. The van der Waals surface area contributed by atoms with Crippen molar-refractivity contribution < 1.29 is 13.9 Å². The van der Waals surface area contributed by atoms with Crippen LogP contribution in [0.2, 0.25) is 0 Å². The number of nitrogens with zero attached hydrogens (tertiary/aromatic N) is 1. The van der Waals surface area contributed by atoms with Gasteiger partial charge in [-0.15, -0.1) is 6.42 Å². The van der Waals surface area contributed by atoms with E-state index in [1.165, 1.54) is 6.20 Å². The Kier molecular flexibility index (Phi) is 2.44. The van der Waals surface area contributed by atoms with Crippen molar-refractivity contribution in [1.29, 1.82) is 0 Å². The number of terminal acetylenes is 1. The first-order chi connectivity index (χ1) is 6.83. The third kappa shape index (κ3) is 1.48. The summed E-state index contributed by atoms with van der Waals surface area (Å²) in [7, 11) is 0. The molecule has 0 radical (unpaired) electrons. The predicted octanol–water partition coefficient (Wildman–Crippen LogP) is 1.25. The molecule has 3 nitrogen and oxygen atoms in total. The molecule has 2 heterocycles. The molecule has 2 rings (SSSR count). The second-order valence-electron chi connectivity index (χ2n) is 2.78. The van der Waals surface area contributed by atoms with E-state index in [9.17, 15) is 4.39 Å². The monoisotopic (exact) mass is 193 g/mol. The van der Waals surface area contributed by atoms with E-state index in [0.717, 1.165) is 0 Å². The highest BCUT2D eigenvalue weighted by Gasteiger charge is 2.25. The zero-order chi connectivity index (χ0) is 9.97. The van der Waals surface area contributed by atoms with Gasteiger partial charge in [0.2, 0.25) is 5.95 Å². The molecule has 72 valence electrons. The van der Waals surface area contributed by atoms with Gasteiger partial charge in [-0.05, 0) is 6.07 Å². The van der Waals surface area contributed by atoms with Crippen molar-refractivity contribution in [2.75, 3.05) is 13.2 Å². The lowest BCUT2D eigenvalue weighted by Gasteiger charge is -2.11. The van der Waals surface area contributed by atoms with Gasteiger partial charge in [-0.3, -0.25) is 0 Å². The lowest BCUT2D eigenvalue weighted by Crippen LogP contribution is -2.06. The standard InChI is InChI=1S/C10H8FNO2/c1-2-7-3-4-12-9(11)8(7)10-13-5-6-14-10/h1,3-4,10H,5-6H2. The Bertz CT molecular complexity index is 380. The van der Waals surface area contributed by atoms with Crippen molar-refractivity contribution >= 4 is 0 Å². The van der Waals surface area contributed by atoms with Gasteiger partial charge in [0.05, 0.1) is 18.8 Å². The molecule has 1 saturated heterocycles. The van der Waals surface area contributed by atoms with Crippen molar-refractivity contribution in [2.24, 2.45) is 0 Å². The molecule has 0 N–H and O–H groups in total. The maximum Gasteiger partial charge on any atom is 0.222 e. The zero-order valence-electron chi connectivity index (χ0n) is 7.37. The number of halogens is 1. The Morgan fingerprint density at radius 3 is 2.86 bits per heavy atom. The maximum absolute atomic E-state index is 13.3. The SMILES string of the molecule is C#Cc1ccnc(F)c1C1OCCO1. The minimum Gasteiger partial charge on any atom is -0.346 e. The summed E-state index contributed by atoms with van der Waals surface area (Å²) in [5.74, 6) is 1.74. The van der Waals surface area contributed by atoms with Crippen LogP contribution in [0.4, 0.5) is 4.39 Å². The summed E-state index contributed by atoms with van der Waals surface area (Å²) in [6, 6.07) is 1.56. The summed E-state index contributed by atoms with van der Waals surface area (Å²) < 4.78 is 23.7. The molecule has 14 heavy (non-hydrogen) atoms. The van der Waals surface area contributed by atoms with Gasteiger partial charge in [-0.1, -0.05) is 5.92 Å². The molecule has 4 heteroatoms. The second kappa shape index (κ2) is 3.74. The number of aromatic nitrogens is 1. The highest BCUT2D eigenvalue weighted by molar-refractivity contribution is 5.39. The molecular weight excluding hydrogens is 185 g/mol. The first kappa shape index (κ1) is 9.13. The van der Waals surface area contributed by atoms with Crippen LogP contribution in [0, 0.1) is 18.3 Å². The molecule has 0 unspecified atom stereocenters. The normalized spacial score (nSPS) is 16.9. The Morgan fingerprint density at radius 2 is 2.21 bits per heavy atom.